The van der Waals surface area contributed by atoms with Gasteiger partial charge < -0.3 is 14.3 Å². The highest BCUT2D eigenvalue weighted by molar-refractivity contribution is 7.71. The molecule has 2 rings (SSSR count). The first-order valence-corrected chi connectivity index (χ1v) is 6.59. The fourth-order valence-electron chi connectivity index (χ4n) is 2.24. The summed E-state index contributed by atoms with van der Waals surface area (Å²) in [7, 11) is 1.59. The van der Waals surface area contributed by atoms with Gasteiger partial charge in [-0.25, -0.2) is 0 Å². The Morgan fingerprint density at radius 1 is 1.40 bits per heavy atom. The van der Waals surface area contributed by atoms with Crippen LogP contribution in [0.5, 0.6) is 0 Å². The van der Waals surface area contributed by atoms with Crippen LogP contribution in [0.15, 0.2) is 18.2 Å². The van der Waals surface area contributed by atoms with Gasteiger partial charge in [0, 0.05) is 7.11 Å². The van der Waals surface area contributed by atoms with Crippen molar-refractivity contribution in [3.8, 4) is 0 Å². The molecule has 2 aromatic rings. The topological polar surface area (TPSA) is 29.9 Å². The first kappa shape index (κ1) is 15.1. The van der Waals surface area contributed by atoms with Crippen molar-refractivity contribution in [2.75, 3.05) is 13.7 Å². The molecule has 7 heteroatoms. The van der Waals surface area contributed by atoms with Crippen molar-refractivity contribution < 1.29 is 17.9 Å². The molecule has 0 aliphatic heterocycles. The van der Waals surface area contributed by atoms with Crippen molar-refractivity contribution >= 4 is 23.3 Å². The Balaban J connectivity index is 2.58. The molecule has 0 bridgehead atoms. The van der Waals surface area contributed by atoms with Crippen molar-refractivity contribution in [1.82, 2.24) is 9.55 Å². The number of aromatic amines is 1. The van der Waals surface area contributed by atoms with Crippen LogP contribution in [-0.2, 0) is 10.9 Å². The highest BCUT2D eigenvalue weighted by Crippen LogP contribution is 2.32. The SMILES string of the molecule is CCC(COC)n1c(=S)[nH]c2cc(C(F)(F)F)ccc21. The number of rotatable bonds is 4. The average molecular weight is 304 g/mol. The number of methoxy groups -OCH3 is 1. The van der Waals surface area contributed by atoms with Gasteiger partial charge in [-0.3, -0.25) is 0 Å². The summed E-state index contributed by atoms with van der Waals surface area (Å²) in [4.78, 5) is 2.83. The van der Waals surface area contributed by atoms with Crippen molar-refractivity contribution in [2.45, 2.75) is 25.6 Å². The second kappa shape index (κ2) is 5.57. The third kappa shape index (κ3) is 2.73. The molecule has 1 aromatic carbocycles. The zero-order valence-electron chi connectivity index (χ0n) is 11.1. The largest absolute Gasteiger partial charge is 0.416 e. The first-order valence-electron chi connectivity index (χ1n) is 6.19. The van der Waals surface area contributed by atoms with E-state index in [1.165, 1.54) is 6.07 Å². The lowest BCUT2D eigenvalue weighted by Crippen LogP contribution is -2.14. The first-order chi connectivity index (χ1) is 9.38. The lowest BCUT2D eigenvalue weighted by atomic mass is 10.1. The number of alkyl halides is 3. The third-order valence-corrected chi connectivity index (χ3v) is 3.54. The van der Waals surface area contributed by atoms with Crippen molar-refractivity contribution in [3.63, 3.8) is 0 Å². The Hall–Kier alpha value is -1.34. The lowest BCUT2D eigenvalue weighted by Gasteiger charge is -2.17. The zero-order chi connectivity index (χ0) is 14.9. The third-order valence-electron chi connectivity index (χ3n) is 3.24. The summed E-state index contributed by atoms with van der Waals surface area (Å²) in [5, 5.41) is 0. The highest BCUT2D eigenvalue weighted by Gasteiger charge is 2.31. The summed E-state index contributed by atoms with van der Waals surface area (Å²) in [6.45, 7) is 2.44. The van der Waals surface area contributed by atoms with E-state index >= 15 is 0 Å². The molecule has 1 unspecified atom stereocenters. The molecule has 1 N–H and O–H groups in total. The van der Waals surface area contributed by atoms with Gasteiger partial charge in [-0.1, -0.05) is 6.92 Å². The van der Waals surface area contributed by atoms with Gasteiger partial charge in [-0.05, 0) is 36.8 Å². The van der Waals surface area contributed by atoms with E-state index in [9.17, 15) is 13.2 Å². The van der Waals surface area contributed by atoms with Gasteiger partial charge >= 0.3 is 6.18 Å². The maximum atomic E-state index is 12.7. The van der Waals surface area contributed by atoms with E-state index in [0.717, 1.165) is 18.6 Å². The number of fused-ring (bicyclic) bond motifs is 1. The van der Waals surface area contributed by atoms with Gasteiger partial charge in [-0.15, -0.1) is 0 Å². The van der Waals surface area contributed by atoms with Gasteiger partial charge in [-0.2, -0.15) is 13.2 Å². The molecule has 3 nitrogen and oxygen atoms in total. The number of benzene rings is 1. The fraction of sp³-hybridized carbons (Fsp3) is 0.462. The van der Waals surface area contributed by atoms with Gasteiger partial charge in [0.15, 0.2) is 4.77 Å². The molecule has 0 radical (unpaired) electrons. The molecule has 1 heterocycles. The minimum Gasteiger partial charge on any atom is -0.383 e. The molecule has 20 heavy (non-hydrogen) atoms. The van der Waals surface area contributed by atoms with Crippen molar-refractivity contribution in [1.29, 1.82) is 0 Å². The van der Waals surface area contributed by atoms with Crippen LogP contribution in [0.25, 0.3) is 11.0 Å². The Labute approximate surface area is 119 Å². The molecule has 0 aliphatic rings. The summed E-state index contributed by atoms with van der Waals surface area (Å²) in [6.07, 6.45) is -3.58. The predicted octanol–water partition coefficient (Wildman–Crippen LogP) is 4.32. The number of halogens is 3. The fourth-order valence-corrected chi connectivity index (χ4v) is 2.59. The van der Waals surface area contributed by atoms with Crippen molar-refractivity contribution in [2.24, 2.45) is 0 Å². The summed E-state index contributed by atoms with van der Waals surface area (Å²) >= 11 is 5.22. The Morgan fingerprint density at radius 3 is 2.65 bits per heavy atom. The van der Waals surface area contributed by atoms with Gasteiger partial charge in [0.2, 0.25) is 0 Å². The van der Waals surface area contributed by atoms with Gasteiger partial charge in [0.05, 0.1) is 29.2 Å². The zero-order valence-corrected chi connectivity index (χ0v) is 11.9. The molecule has 0 saturated heterocycles. The molecular weight excluding hydrogens is 289 g/mol. The molecule has 0 fully saturated rings. The number of ether oxygens (including phenoxy) is 1. The maximum Gasteiger partial charge on any atom is 0.416 e. The average Bonchev–Trinajstić information content (AvgIpc) is 2.70. The van der Waals surface area contributed by atoms with Crippen LogP contribution in [0.2, 0.25) is 0 Å². The molecule has 0 spiro atoms. The van der Waals surface area contributed by atoms with Crippen LogP contribution in [-0.4, -0.2) is 23.3 Å². The van der Waals surface area contributed by atoms with Crippen molar-refractivity contribution in [3.05, 3.63) is 28.5 Å². The van der Waals surface area contributed by atoms with Crippen LogP contribution in [0.3, 0.4) is 0 Å². The normalized spacial score (nSPS) is 13.8. The van der Waals surface area contributed by atoms with E-state index in [-0.39, 0.29) is 6.04 Å². The van der Waals surface area contributed by atoms with E-state index in [4.69, 9.17) is 17.0 Å². The van der Waals surface area contributed by atoms with Crippen LogP contribution in [0.1, 0.15) is 24.9 Å². The monoisotopic (exact) mass is 304 g/mol. The van der Waals surface area contributed by atoms with E-state index < -0.39 is 11.7 Å². The number of H-pyrrole nitrogens is 1. The standard InChI is InChI=1S/C13H15F3N2OS/c1-3-9(7-19-2)18-11-5-4-8(13(14,15)16)6-10(11)17-12(18)20/h4-6,9H,3,7H2,1-2H3,(H,17,20). The van der Waals surface area contributed by atoms with Gasteiger partial charge in [0.1, 0.15) is 0 Å². The quantitative estimate of drug-likeness (QED) is 0.853. The predicted molar refractivity (Wildman–Crippen MR) is 73.3 cm³/mol. The molecule has 1 atom stereocenters. The Bertz CT molecular complexity index is 660. The van der Waals surface area contributed by atoms with E-state index in [1.807, 2.05) is 11.5 Å². The summed E-state index contributed by atoms with van der Waals surface area (Å²) < 4.78 is 45.5. The number of nitrogens with zero attached hydrogens (tertiary/aromatic N) is 1. The maximum absolute atomic E-state index is 12.7. The number of imidazole rings is 1. The van der Waals surface area contributed by atoms with Crippen LogP contribution < -0.4 is 0 Å². The molecule has 0 amide bonds. The van der Waals surface area contributed by atoms with E-state index in [2.05, 4.69) is 4.98 Å². The number of aromatic nitrogens is 2. The number of hydrogen-bond acceptors (Lipinski definition) is 2. The van der Waals surface area contributed by atoms with Crippen LogP contribution in [0.4, 0.5) is 13.2 Å². The summed E-state index contributed by atoms with van der Waals surface area (Å²) in [5.74, 6) is 0. The van der Waals surface area contributed by atoms with E-state index in [0.29, 0.717) is 22.4 Å². The summed E-state index contributed by atoms with van der Waals surface area (Å²) in [5.41, 5.74) is 0.361. The molecular formula is C13H15F3N2OS. The molecule has 0 aliphatic carbocycles. The van der Waals surface area contributed by atoms with Gasteiger partial charge in [0.25, 0.3) is 0 Å². The molecule has 110 valence electrons. The lowest BCUT2D eigenvalue weighted by molar-refractivity contribution is -0.137. The van der Waals surface area contributed by atoms with Crippen LogP contribution in [0, 0.1) is 4.77 Å². The molecule has 0 saturated carbocycles. The Morgan fingerprint density at radius 2 is 2.10 bits per heavy atom. The highest BCUT2D eigenvalue weighted by atomic mass is 32.1. The van der Waals surface area contributed by atoms with Crippen LogP contribution >= 0.6 is 12.2 Å². The Kier molecular flexibility index (Phi) is 4.19. The molecule has 1 aromatic heterocycles. The minimum atomic E-state index is -4.36. The second-order valence-electron chi connectivity index (χ2n) is 4.55. The minimum absolute atomic E-state index is 0.00186. The summed E-state index contributed by atoms with van der Waals surface area (Å²) in [6, 6.07) is 3.60. The number of hydrogen-bond donors (Lipinski definition) is 1. The number of nitrogens with one attached hydrogen (secondary N) is 1. The smallest absolute Gasteiger partial charge is 0.383 e. The second-order valence-corrected chi connectivity index (χ2v) is 4.93. The van der Waals surface area contributed by atoms with E-state index in [1.54, 1.807) is 7.11 Å².